The summed E-state index contributed by atoms with van der Waals surface area (Å²) < 4.78 is 7.58. The molecule has 12 heteroatoms. The number of carboxylic acid groups (broad SMARTS) is 1. The number of nitrogens with zero attached hydrogens (tertiary/aromatic N) is 7. The second-order valence-corrected chi connectivity index (χ2v) is 10.7. The van der Waals surface area contributed by atoms with Crippen molar-refractivity contribution in [2.45, 2.75) is 51.5 Å². The summed E-state index contributed by atoms with van der Waals surface area (Å²) in [5.74, 6) is 1.29. The van der Waals surface area contributed by atoms with Gasteiger partial charge in [0.05, 0.1) is 17.8 Å². The predicted molar refractivity (Wildman–Crippen MR) is 161 cm³/mol. The minimum absolute atomic E-state index is 0.394. The second kappa shape index (κ2) is 14.0. The number of hydrogen-bond acceptors (Lipinski definition) is 10. The van der Waals surface area contributed by atoms with Gasteiger partial charge in [-0.25, -0.2) is 19.7 Å². The van der Waals surface area contributed by atoms with Gasteiger partial charge in [-0.2, -0.15) is 5.10 Å². The molecule has 3 N–H and O–H groups in total. The quantitative estimate of drug-likeness (QED) is 0.180. The number of nitrogens with one attached hydrogen (secondary N) is 2. The zero-order valence-corrected chi connectivity index (χ0v) is 24.3. The Kier molecular flexibility index (Phi) is 9.75. The van der Waals surface area contributed by atoms with Gasteiger partial charge < -0.3 is 20.5 Å². The van der Waals surface area contributed by atoms with E-state index in [1.165, 1.54) is 11.9 Å². The van der Waals surface area contributed by atoms with Crippen LogP contribution in [0.15, 0.2) is 43.0 Å². The number of rotatable bonds is 15. The number of anilines is 2. The molecule has 0 fully saturated rings. The Morgan fingerprint density at radius 3 is 2.88 bits per heavy atom. The average Bonchev–Trinajstić information content (AvgIpc) is 3.39. The summed E-state index contributed by atoms with van der Waals surface area (Å²) in [7, 11) is 1.79. The van der Waals surface area contributed by atoms with E-state index in [4.69, 9.17) is 9.72 Å². The Labute approximate surface area is 245 Å². The molecule has 5 heterocycles. The number of pyridine rings is 2. The molecule has 12 nitrogen and oxygen atoms in total. The van der Waals surface area contributed by atoms with E-state index in [0.29, 0.717) is 43.0 Å². The highest BCUT2D eigenvalue weighted by atomic mass is 16.5. The van der Waals surface area contributed by atoms with Crippen LogP contribution in [0.25, 0.3) is 11.0 Å². The van der Waals surface area contributed by atoms with Crippen molar-refractivity contribution in [3.63, 3.8) is 0 Å². The third kappa shape index (κ3) is 7.69. The first kappa shape index (κ1) is 29.2. The van der Waals surface area contributed by atoms with Gasteiger partial charge in [-0.05, 0) is 75.8 Å². The molecule has 42 heavy (non-hydrogen) atoms. The first-order valence-corrected chi connectivity index (χ1v) is 14.6. The Hall–Kier alpha value is -4.32. The second-order valence-electron chi connectivity index (χ2n) is 10.7. The molecule has 1 aliphatic rings. The van der Waals surface area contributed by atoms with Crippen molar-refractivity contribution in [2.75, 3.05) is 43.4 Å². The van der Waals surface area contributed by atoms with E-state index in [2.05, 4.69) is 47.7 Å². The summed E-state index contributed by atoms with van der Waals surface area (Å²) in [4.78, 5) is 32.1. The monoisotopic (exact) mass is 573 g/mol. The van der Waals surface area contributed by atoms with Gasteiger partial charge >= 0.3 is 5.97 Å². The van der Waals surface area contributed by atoms with E-state index in [1.54, 1.807) is 24.1 Å². The molecule has 5 rings (SSSR count). The van der Waals surface area contributed by atoms with Gasteiger partial charge in [0.1, 0.15) is 36.4 Å². The summed E-state index contributed by atoms with van der Waals surface area (Å²) in [6.07, 6.45) is 10.3. The van der Waals surface area contributed by atoms with Crippen molar-refractivity contribution in [1.29, 1.82) is 0 Å². The van der Waals surface area contributed by atoms with Crippen molar-refractivity contribution in [3.05, 3.63) is 59.9 Å². The predicted octanol–water partition coefficient (Wildman–Crippen LogP) is 3.48. The summed E-state index contributed by atoms with van der Waals surface area (Å²) in [5, 5.41) is 21.4. The van der Waals surface area contributed by atoms with Crippen LogP contribution in [-0.4, -0.2) is 84.5 Å². The Bertz CT molecular complexity index is 1470. The van der Waals surface area contributed by atoms with Crippen LogP contribution < -0.4 is 15.4 Å². The van der Waals surface area contributed by atoms with Gasteiger partial charge in [0, 0.05) is 38.1 Å². The molecule has 0 saturated carbocycles. The van der Waals surface area contributed by atoms with E-state index in [1.807, 2.05) is 19.1 Å². The Morgan fingerprint density at radius 2 is 2.05 bits per heavy atom. The van der Waals surface area contributed by atoms with Gasteiger partial charge in [-0.1, -0.05) is 6.07 Å². The minimum Gasteiger partial charge on any atom is -0.491 e. The molecule has 4 aromatic rings. The number of aliphatic carboxylic acids is 1. The number of aryl methyl sites for hydroxylation is 4. The van der Waals surface area contributed by atoms with Crippen LogP contribution in [0.1, 0.15) is 42.6 Å². The van der Waals surface area contributed by atoms with Crippen molar-refractivity contribution >= 4 is 28.6 Å². The van der Waals surface area contributed by atoms with Crippen LogP contribution in [0.4, 0.5) is 11.6 Å². The largest absolute Gasteiger partial charge is 0.491 e. The van der Waals surface area contributed by atoms with Gasteiger partial charge in [-0.15, -0.1) is 0 Å². The molecule has 0 amide bonds. The molecule has 4 aromatic heterocycles. The molecule has 0 radical (unpaired) electrons. The van der Waals surface area contributed by atoms with E-state index in [0.717, 1.165) is 68.1 Å². The lowest BCUT2D eigenvalue weighted by Crippen LogP contribution is -2.37. The van der Waals surface area contributed by atoms with E-state index >= 15 is 0 Å². The highest BCUT2D eigenvalue weighted by molar-refractivity contribution is 5.88. The number of carboxylic acids is 1. The number of carbonyl (C=O) groups is 1. The first-order valence-electron chi connectivity index (χ1n) is 14.6. The molecule has 0 aliphatic carbocycles. The fraction of sp³-hybridized carbons (Fsp3) is 0.467. The highest BCUT2D eigenvalue weighted by Crippen LogP contribution is 2.21. The molecular weight excluding hydrogens is 534 g/mol. The number of ether oxygens (including phenoxy) is 1. The van der Waals surface area contributed by atoms with Gasteiger partial charge in [0.2, 0.25) is 0 Å². The van der Waals surface area contributed by atoms with Crippen LogP contribution >= 0.6 is 0 Å². The topological polar surface area (TPSA) is 143 Å². The Balaban J connectivity index is 1.17. The molecule has 1 unspecified atom stereocenters. The number of aromatic nitrogens is 6. The first-order chi connectivity index (χ1) is 20.5. The smallest absolute Gasteiger partial charge is 0.326 e. The standard InChI is InChI=1S/C30H39N9O3/c1-21-8-11-24(18-32-21)42-17-16-39(14-4-3-7-23-10-9-22-6-5-13-31-27(22)36-23)15-12-26(30(40)41)37-28-25-19-35-38(2)29(25)34-20-33-28/h8-11,18-20,26H,3-7,12-17H2,1-2H3,(H,31,36)(H,40,41)(H,33,34,37). The average molecular weight is 574 g/mol. The number of fused-ring (bicyclic) bond motifs is 2. The lowest BCUT2D eigenvalue weighted by Gasteiger charge is -2.25. The van der Waals surface area contributed by atoms with Crippen LogP contribution in [0.5, 0.6) is 5.75 Å². The molecule has 222 valence electrons. The molecular formula is C30H39N9O3. The minimum atomic E-state index is -0.931. The third-order valence-electron chi connectivity index (χ3n) is 7.54. The Morgan fingerprint density at radius 1 is 1.14 bits per heavy atom. The van der Waals surface area contributed by atoms with Crippen LogP contribution in [0, 0.1) is 6.92 Å². The van der Waals surface area contributed by atoms with E-state index in [9.17, 15) is 9.90 Å². The van der Waals surface area contributed by atoms with Crippen molar-refractivity contribution in [1.82, 2.24) is 34.6 Å². The molecule has 1 atom stereocenters. The fourth-order valence-electron chi connectivity index (χ4n) is 5.13. The van der Waals surface area contributed by atoms with Crippen LogP contribution in [0.3, 0.4) is 0 Å². The third-order valence-corrected chi connectivity index (χ3v) is 7.54. The molecule has 0 bridgehead atoms. The zero-order chi connectivity index (χ0) is 29.3. The number of unbranched alkanes of at least 4 members (excludes halogenated alkanes) is 1. The molecule has 0 aromatic carbocycles. The summed E-state index contributed by atoms with van der Waals surface area (Å²) >= 11 is 0. The van der Waals surface area contributed by atoms with Gasteiger partial charge in [-0.3, -0.25) is 14.6 Å². The van der Waals surface area contributed by atoms with Crippen LogP contribution in [0.2, 0.25) is 0 Å². The summed E-state index contributed by atoms with van der Waals surface area (Å²) in [6, 6.07) is 7.36. The van der Waals surface area contributed by atoms with E-state index < -0.39 is 12.0 Å². The molecule has 1 aliphatic heterocycles. The maximum atomic E-state index is 12.2. The molecule has 0 saturated heterocycles. The van der Waals surface area contributed by atoms with Crippen molar-refractivity contribution in [2.24, 2.45) is 7.05 Å². The summed E-state index contributed by atoms with van der Waals surface area (Å²) in [5.41, 5.74) is 3.98. The number of hydrogen-bond donors (Lipinski definition) is 3. The maximum absolute atomic E-state index is 12.2. The van der Waals surface area contributed by atoms with Crippen LogP contribution in [-0.2, 0) is 24.7 Å². The lowest BCUT2D eigenvalue weighted by atomic mass is 10.1. The molecule has 0 spiro atoms. The van der Waals surface area contributed by atoms with E-state index in [-0.39, 0.29) is 0 Å². The lowest BCUT2D eigenvalue weighted by molar-refractivity contribution is -0.138. The maximum Gasteiger partial charge on any atom is 0.326 e. The zero-order valence-electron chi connectivity index (χ0n) is 24.3. The fourth-order valence-corrected chi connectivity index (χ4v) is 5.13. The van der Waals surface area contributed by atoms with Crippen molar-refractivity contribution < 1.29 is 14.6 Å². The van der Waals surface area contributed by atoms with Gasteiger partial charge in [0.15, 0.2) is 5.65 Å². The van der Waals surface area contributed by atoms with Crippen molar-refractivity contribution in [3.8, 4) is 5.75 Å². The SMILES string of the molecule is Cc1ccc(OCCN(CCCCc2ccc3c(n2)NCCC3)CCC(Nc2ncnc3c2cnn3C)C(=O)O)cn1. The van der Waals surface area contributed by atoms with Gasteiger partial charge in [0.25, 0.3) is 0 Å². The normalized spacial score (nSPS) is 13.5. The highest BCUT2D eigenvalue weighted by Gasteiger charge is 2.21. The summed E-state index contributed by atoms with van der Waals surface area (Å²) in [6.45, 7) is 5.48.